The predicted octanol–water partition coefficient (Wildman–Crippen LogP) is 1.69. The van der Waals surface area contributed by atoms with Crippen LogP contribution < -0.4 is 0 Å². The minimum atomic E-state index is -0.505. The van der Waals surface area contributed by atoms with Gasteiger partial charge in [-0.3, -0.25) is 9.69 Å². The van der Waals surface area contributed by atoms with Gasteiger partial charge in [0.1, 0.15) is 18.2 Å². The van der Waals surface area contributed by atoms with Crippen LogP contribution >= 0.6 is 0 Å². The minimum Gasteiger partial charge on any atom is -0.370 e. The van der Waals surface area contributed by atoms with Crippen LogP contribution in [0.2, 0.25) is 0 Å². The molecule has 3 atom stereocenters. The maximum absolute atomic E-state index is 14.0. The van der Waals surface area contributed by atoms with Gasteiger partial charge in [0.15, 0.2) is 5.82 Å². The van der Waals surface area contributed by atoms with Gasteiger partial charge in [-0.05, 0) is 59.0 Å². The number of fused-ring (bicyclic) bond motifs is 2. The van der Waals surface area contributed by atoms with Gasteiger partial charge in [0, 0.05) is 31.9 Å². The molecular weight excluding hydrogens is 463 g/mol. The topological polar surface area (TPSA) is 113 Å². The van der Waals surface area contributed by atoms with E-state index in [1.54, 1.807) is 13.0 Å². The lowest BCUT2D eigenvalue weighted by atomic mass is 9.95. The molecule has 10 nitrogen and oxygen atoms in total. The number of piperazine rings is 1. The average molecular weight is 489 g/mol. The Balaban J connectivity index is 1.12. The van der Waals surface area contributed by atoms with Crippen LogP contribution in [0.15, 0.2) is 30.6 Å². The van der Waals surface area contributed by atoms with E-state index < -0.39 is 5.82 Å². The van der Waals surface area contributed by atoms with E-state index in [-0.39, 0.29) is 29.5 Å². The molecule has 4 heterocycles. The Kier molecular flexibility index (Phi) is 5.70. The maximum atomic E-state index is 14.0. The number of carbonyl (C=O) groups is 1. The zero-order valence-electron chi connectivity index (χ0n) is 19.8. The summed E-state index contributed by atoms with van der Waals surface area (Å²) in [4.78, 5) is 22.5. The summed E-state index contributed by atoms with van der Waals surface area (Å²) in [6.07, 6.45) is 2.77. The number of pyridine rings is 1. The molecule has 36 heavy (non-hydrogen) atoms. The Morgan fingerprint density at radius 3 is 2.86 bits per heavy atom. The molecule has 0 bridgehead atoms. The number of amides is 1. The first kappa shape index (κ1) is 22.7. The van der Waals surface area contributed by atoms with E-state index in [1.165, 1.54) is 17.1 Å². The van der Waals surface area contributed by atoms with E-state index in [2.05, 4.69) is 25.4 Å². The average Bonchev–Trinajstić information content (AvgIpc) is 3.58. The molecule has 2 saturated heterocycles. The van der Waals surface area contributed by atoms with Crippen molar-refractivity contribution in [3.63, 3.8) is 0 Å². The SMILES string of the molecule is Cc1c([C@H]2CN3CCN(C(=O)C4CCc5nc(-n6cnnn6)ccc54)C[C@@H]3CO2)ccc(F)c1C#N. The molecule has 6 rings (SSSR count). The largest absolute Gasteiger partial charge is 0.370 e. The van der Waals surface area contributed by atoms with Crippen molar-refractivity contribution in [3.05, 3.63) is 64.4 Å². The van der Waals surface area contributed by atoms with E-state index in [9.17, 15) is 14.4 Å². The van der Waals surface area contributed by atoms with Crippen molar-refractivity contribution in [2.75, 3.05) is 32.8 Å². The van der Waals surface area contributed by atoms with Crippen molar-refractivity contribution >= 4 is 5.91 Å². The number of carbonyl (C=O) groups excluding carboxylic acids is 1. The van der Waals surface area contributed by atoms with Gasteiger partial charge in [0.05, 0.1) is 30.2 Å². The van der Waals surface area contributed by atoms with Crippen LogP contribution in [0.3, 0.4) is 0 Å². The first-order valence-corrected chi connectivity index (χ1v) is 12.1. The van der Waals surface area contributed by atoms with Crippen molar-refractivity contribution in [1.29, 1.82) is 5.26 Å². The first-order valence-electron chi connectivity index (χ1n) is 12.1. The summed E-state index contributed by atoms with van der Waals surface area (Å²) in [5.41, 5.74) is 3.46. The van der Waals surface area contributed by atoms with E-state index >= 15 is 0 Å². The summed E-state index contributed by atoms with van der Waals surface area (Å²) in [5.74, 6) is 0.0913. The Morgan fingerprint density at radius 2 is 2.06 bits per heavy atom. The molecule has 1 aromatic carbocycles. The second-order valence-electron chi connectivity index (χ2n) is 9.55. The molecule has 2 aromatic heterocycles. The van der Waals surface area contributed by atoms with Gasteiger partial charge in [0.2, 0.25) is 5.91 Å². The van der Waals surface area contributed by atoms with Gasteiger partial charge in [-0.25, -0.2) is 9.37 Å². The fraction of sp³-hybridized carbons (Fsp3) is 0.440. The quantitative estimate of drug-likeness (QED) is 0.547. The summed E-state index contributed by atoms with van der Waals surface area (Å²) < 4.78 is 21.7. The molecule has 1 aliphatic carbocycles. The fourth-order valence-electron chi connectivity index (χ4n) is 5.68. The molecule has 3 aliphatic rings. The summed E-state index contributed by atoms with van der Waals surface area (Å²) in [5, 5.41) is 20.5. The van der Waals surface area contributed by atoms with Crippen molar-refractivity contribution < 1.29 is 13.9 Å². The number of halogens is 1. The van der Waals surface area contributed by atoms with Gasteiger partial charge in [-0.2, -0.15) is 9.94 Å². The maximum Gasteiger partial charge on any atom is 0.230 e. The molecule has 11 heteroatoms. The van der Waals surface area contributed by atoms with Crippen LogP contribution in [0.5, 0.6) is 0 Å². The lowest BCUT2D eigenvalue weighted by Crippen LogP contribution is -2.60. The smallest absolute Gasteiger partial charge is 0.230 e. The standard InChI is InChI=1S/C25H25FN8O2/c1-15-17(2-5-21(26)20(15)10-27)23-12-32-8-9-33(11-16(32)13-36-23)25(35)19-3-6-22-18(19)4-7-24(29-22)34-14-28-30-31-34/h2,4-5,7,14,16,19,23H,3,6,8-9,11-13H2,1H3/t16-,19?,23-/m1/s1. The third kappa shape index (κ3) is 3.83. The van der Waals surface area contributed by atoms with Crippen LogP contribution in [0.4, 0.5) is 4.39 Å². The molecule has 0 radical (unpaired) electrons. The molecule has 184 valence electrons. The van der Waals surface area contributed by atoms with Crippen molar-refractivity contribution in [2.45, 2.75) is 37.8 Å². The van der Waals surface area contributed by atoms with Crippen molar-refractivity contribution in [1.82, 2.24) is 35.0 Å². The number of aromatic nitrogens is 5. The Labute approximate surface area is 207 Å². The van der Waals surface area contributed by atoms with Crippen LogP contribution in [0.25, 0.3) is 5.82 Å². The Hall–Kier alpha value is -3.75. The van der Waals surface area contributed by atoms with Gasteiger partial charge in [-0.1, -0.05) is 12.1 Å². The summed E-state index contributed by atoms with van der Waals surface area (Å²) in [6, 6.07) is 8.94. The second-order valence-corrected chi connectivity index (χ2v) is 9.55. The molecule has 1 unspecified atom stereocenters. The number of nitrogens with zero attached hydrogens (tertiary/aromatic N) is 8. The number of nitriles is 1. The lowest BCUT2D eigenvalue weighted by Gasteiger charge is -2.46. The molecule has 0 spiro atoms. The number of hydrogen-bond donors (Lipinski definition) is 0. The van der Waals surface area contributed by atoms with Crippen molar-refractivity contribution in [2.24, 2.45) is 0 Å². The van der Waals surface area contributed by atoms with Crippen LogP contribution in [-0.4, -0.2) is 79.7 Å². The molecule has 3 aromatic rings. The second kappa shape index (κ2) is 9.04. The van der Waals surface area contributed by atoms with E-state index in [1.807, 2.05) is 23.1 Å². The Morgan fingerprint density at radius 1 is 1.19 bits per heavy atom. The minimum absolute atomic E-state index is 0.0741. The molecule has 2 aliphatic heterocycles. The fourth-order valence-corrected chi connectivity index (χ4v) is 5.68. The monoisotopic (exact) mass is 488 g/mol. The Bertz CT molecular complexity index is 1350. The van der Waals surface area contributed by atoms with E-state index in [0.717, 1.165) is 36.2 Å². The van der Waals surface area contributed by atoms with Crippen LogP contribution in [-0.2, 0) is 16.0 Å². The molecule has 0 N–H and O–H groups in total. The lowest BCUT2D eigenvalue weighted by molar-refractivity contribution is -0.141. The van der Waals surface area contributed by atoms with Crippen molar-refractivity contribution in [3.8, 4) is 11.9 Å². The highest BCUT2D eigenvalue weighted by Crippen LogP contribution is 2.36. The van der Waals surface area contributed by atoms with Gasteiger partial charge >= 0.3 is 0 Å². The first-order chi connectivity index (χ1) is 17.5. The number of morpholine rings is 1. The van der Waals surface area contributed by atoms with E-state index in [0.29, 0.717) is 37.6 Å². The zero-order chi connectivity index (χ0) is 24.8. The molecule has 2 fully saturated rings. The number of ether oxygens (including phenoxy) is 1. The van der Waals surface area contributed by atoms with Gasteiger partial charge in [0.25, 0.3) is 0 Å². The number of tetrazole rings is 1. The predicted molar refractivity (Wildman–Crippen MR) is 124 cm³/mol. The van der Waals surface area contributed by atoms with E-state index in [4.69, 9.17) is 4.74 Å². The zero-order valence-corrected chi connectivity index (χ0v) is 19.8. The van der Waals surface area contributed by atoms with Gasteiger partial charge in [-0.15, -0.1) is 5.10 Å². The summed E-state index contributed by atoms with van der Waals surface area (Å²) >= 11 is 0. The number of hydrogen-bond acceptors (Lipinski definition) is 8. The third-order valence-electron chi connectivity index (χ3n) is 7.64. The highest BCUT2D eigenvalue weighted by Gasteiger charge is 2.39. The third-order valence-corrected chi connectivity index (χ3v) is 7.64. The normalized spacial score (nSPS) is 23.7. The summed E-state index contributed by atoms with van der Waals surface area (Å²) in [7, 11) is 0. The summed E-state index contributed by atoms with van der Waals surface area (Å²) in [6.45, 7) is 4.90. The molecule has 0 saturated carbocycles. The number of benzene rings is 1. The molecular formula is C25H25FN8O2. The van der Waals surface area contributed by atoms with Gasteiger partial charge < -0.3 is 9.64 Å². The highest BCUT2D eigenvalue weighted by molar-refractivity contribution is 5.85. The number of aryl methyl sites for hydroxylation is 1. The molecule has 1 amide bonds. The van der Waals surface area contributed by atoms with Crippen LogP contribution in [0.1, 0.15) is 46.4 Å². The number of rotatable bonds is 3. The highest BCUT2D eigenvalue weighted by atomic mass is 19.1. The van der Waals surface area contributed by atoms with Crippen LogP contribution in [0, 0.1) is 24.1 Å².